The molecule has 0 fully saturated rings. The highest BCUT2D eigenvalue weighted by Gasteiger charge is 2.16. The molecule has 0 unspecified atom stereocenters. The predicted octanol–water partition coefficient (Wildman–Crippen LogP) is 5.54. The molecule has 0 spiro atoms. The van der Waals surface area contributed by atoms with Gasteiger partial charge in [-0.05, 0) is 74.5 Å². The number of carbonyl (C=O) groups excluding carboxylic acids is 1. The minimum Gasteiger partial charge on any atom is -0.330 e. The molecule has 1 aliphatic carbocycles. The standard InChI is InChI=1S/C17H19N3O.C10H23N/c1-11-8-14(6-7-19-11)17(21)20-16-5-3-12-9-15(18)4-2-13(12)10-16;1-2-3-4-5-6-7-8-9-10-11/h3,5-8,10,15H,2,4,9,18H2,1H3,(H,20,21);2-11H2,1H3/t15-;/m0./s1. The maximum Gasteiger partial charge on any atom is 0.255 e. The Bertz CT molecular complexity index is 813. The van der Waals surface area contributed by atoms with Gasteiger partial charge in [0.25, 0.3) is 5.91 Å². The molecular formula is C27H42N4O. The molecule has 1 aromatic heterocycles. The van der Waals surface area contributed by atoms with Crippen LogP contribution in [0, 0.1) is 6.92 Å². The largest absolute Gasteiger partial charge is 0.330 e. The van der Waals surface area contributed by atoms with Crippen LogP contribution in [0.5, 0.6) is 0 Å². The van der Waals surface area contributed by atoms with E-state index in [-0.39, 0.29) is 11.9 Å². The first kappa shape index (κ1) is 26.0. The number of nitrogens with zero attached hydrogens (tertiary/aromatic N) is 1. The van der Waals surface area contributed by atoms with Crippen LogP contribution in [0.2, 0.25) is 0 Å². The van der Waals surface area contributed by atoms with Gasteiger partial charge in [-0.1, -0.05) is 57.9 Å². The van der Waals surface area contributed by atoms with E-state index in [1.165, 1.54) is 62.5 Å². The Morgan fingerprint density at radius 2 is 1.75 bits per heavy atom. The normalized spacial score (nSPS) is 14.8. The molecule has 5 N–H and O–H groups in total. The number of amides is 1. The Morgan fingerprint density at radius 3 is 2.44 bits per heavy atom. The molecule has 5 heteroatoms. The summed E-state index contributed by atoms with van der Waals surface area (Å²) in [6, 6.07) is 9.85. The van der Waals surface area contributed by atoms with E-state index in [0.717, 1.165) is 37.2 Å². The molecule has 0 saturated carbocycles. The number of rotatable bonds is 10. The van der Waals surface area contributed by atoms with E-state index in [1.54, 1.807) is 18.3 Å². The molecule has 0 saturated heterocycles. The highest BCUT2D eigenvalue weighted by molar-refractivity contribution is 6.04. The van der Waals surface area contributed by atoms with Gasteiger partial charge in [0, 0.05) is 29.2 Å². The van der Waals surface area contributed by atoms with Crippen LogP contribution in [0.15, 0.2) is 36.5 Å². The van der Waals surface area contributed by atoms with Gasteiger partial charge >= 0.3 is 0 Å². The van der Waals surface area contributed by atoms with Crippen molar-refractivity contribution in [3.63, 3.8) is 0 Å². The van der Waals surface area contributed by atoms with E-state index < -0.39 is 0 Å². The monoisotopic (exact) mass is 438 g/mol. The maximum absolute atomic E-state index is 12.2. The second-order valence-electron chi connectivity index (χ2n) is 8.89. The minimum absolute atomic E-state index is 0.104. The van der Waals surface area contributed by atoms with Gasteiger partial charge in [-0.3, -0.25) is 9.78 Å². The lowest BCUT2D eigenvalue weighted by molar-refractivity contribution is 0.102. The number of hydrogen-bond donors (Lipinski definition) is 3. The fourth-order valence-corrected chi connectivity index (χ4v) is 4.03. The molecule has 2 aromatic rings. The lowest BCUT2D eigenvalue weighted by atomic mass is 9.88. The molecule has 1 atom stereocenters. The number of aromatic nitrogens is 1. The second-order valence-corrected chi connectivity index (χ2v) is 8.89. The molecule has 1 aromatic carbocycles. The highest BCUT2D eigenvalue weighted by atomic mass is 16.1. The van der Waals surface area contributed by atoms with Crippen LogP contribution in [0.25, 0.3) is 0 Å². The van der Waals surface area contributed by atoms with Crippen molar-refractivity contribution < 1.29 is 4.79 Å². The van der Waals surface area contributed by atoms with Crippen molar-refractivity contribution >= 4 is 11.6 Å². The van der Waals surface area contributed by atoms with E-state index in [4.69, 9.17) is 11.5 Å². The number of nitrogens with one attached hydrogen (secondary N) is 1. The van der Waals surface area contributed by atoms with Gasteiger partial charge < -0.3 is 16.8 Å². The van der Waals surface area contributed by atoms with E-state index >= 15 is 0 Å². The topological polar surface area (TPSA) is 94.0 Å². The first-order chi connectivity index (χ1) is 15.5. The number of nitrogens with two attached hydrogens (primary N) is 2. The Kier molecular flexibility index (Phi) is 12.0. The van der Waals surface area contributed by atoms with Crippen LogP contribution < -0.4 is 16.8 Å². The quantitative estimate of drug-likeness (QED) is 0.424. The average Bonchev–Trinajstić information content (AvgIpc) is 2.79. The molecule has 176 valence electrons. The van der Waals surface area contributed by atoms with Crippen LogP contribution in [0.1, 0.15) is 91.9 Å². The van der Waals surface area contributed by atoms with Crippen molar-refractivity contribution in [2.24, 2.45) is 11.5 Å². The van der Waals surface area contributed by atoms with Gasteiger partial charge in [0.15, 0.2) is 0 Å². The summed E-state index contributed by atoms with van der Waals surface area (Å²) < 4.78 is 0. The van der Waals surface area contributed by atoms with Crippen LogP contribution in [0.3, 0.4) is 0 Å². The number of anilines is 1. The van der Waals surface area contributed by atoms with Crippen LogP contribution in [0.4, 0.5) is 5.69 Å². The summed E-state index contributed by atoms with van der Waals surface area (Å²) in [5.41, 5.74) is 16.3. The van der Waals surface area contributed by atoms with Gasteiger partial charge in [-0.15, -0.1) is 0 Å². The van der Waals surface area contributed by atoms with Crippen LogP contribution >= 0.6 is 0 Å². The van der Waals surface area contributed by atoms with Crippen molar-refractivity contribution in [3.8, 4) is 0 Å². The van der Waals surface area contributed by atoms with Crippen molar-refractivity contribution in [1.29, 1.82) is 0 Å². The Labute approximate surface area is 194 Å². The number of benzene rings is 1. The van der Waals surface area contributed by atoms with Crippen molar-refractivity contribution in [3.05, 3.63) is 58.9 Å². The SMILES string of the molecule is CCCCCCCCCCN.Cc1cc(C(=O)Nc2ccc3c(c2)CC[C@H](N)C3)ccn1. The molecule has 5 nitrogen and oxygen atoms in total. The number of fused-ring (bicyclic) bond motifs is 1. The predicted molar refractivity (Wildman–Crippen MR) is 135 cm³/mol. The third-order valence-corrected chi connectivity index (χ3v) is 5.95. The zero-order valence-corrected chi connectivity index (χ0v) is 20.0. The zero-order valence-electron chi connectivity index (χ0n) is 20.0. The molecule has 1 aliphatic rings. The van der Waals surface area contributed by atoms with E-state index in [1.807, 2.05) is 13.0 Å². The van der Waals surface area contributed by atoms with E-state index in [9.17, 15) is 4.79 Å². The van der Waals surface area contributed by atoms with Crippen molar-refractivity contribution in [2.75, 3.05) is 11.9 Å². The summed E-state index contributed by atoms with van der Waals surface area (Å²) in [6.45, 7) is 5.00. The zero-order chi connectivity index (χ0) is 23.2. The van der Waals surface area contributed by atoms with Gasteiger partial charge in [0.2, 0.25) is 0 Å². The Morgan fingerprint density at radius 1 is 1.03 bits per heavy atom. The highest BCUT2D eigenvalue weighted by Crippen LogP contribution is 2.24. The van der Waals surface area contributed by atoms with Crippen LogP contribution in [-0.2, 0) is 12.8 Å². The fourth-order valence-electron chi connectivity index (χ4n) is 4.03. The summed E-state index contributed by atoms with van der Waals surface area (Å²) in [4.78, 5) is 16.3. The number of carbonyl (C=O) groups is 1. The lowest BCUT2D eigenvalue weighted by Gasteiger charge is -2.22. The third-order valence-electron chi connectivity index (χ3n) is 5.95. The number of pyridine rings is 1. The minimum atomic E-state index is -0.104. The van der Waals surface area contributed by atoms with Gasteiger partial charge in [0.05, 0.1) is 0 Å². The lowest BCUT2D eigenvalue weighted by Crippen LogP contribution is -2.27. The van der Waals surface area contributed by atoms with Crippen molar-refractivity contribution in [1.82, 2.24) is 4.98 Å². The van der Waals surface area contributed by atoms with Gasteiger partial charge in [-0.2, -0.15) is 0 Å². The van der Waals surface area contributed by atoms with E-state index in [0.29, 0.717) is 5.56 Å². The molecule has 1 amide bonds. The fraction of sp³-hybridized carbons (Fsp3) is 0.556. The molecule has 32 heavy (non-hydrogen) atoms. The summed E-state index contributed by atoms with van der Waals surface area (Å²) in [5, 5.41) is 2.95. The number of aryl methyl sites for hydroxylation is 2. The number of hydrogen-bond acceptors (Lipinski definition) is 4. The molecule has 0 bridgehead atoms. The maximum atomic E-state index is 12.2. The first-order valence-electron chi connectivity index (χ1n) is 12.3. The van der Waals surface area contributed by atoms with Crippen LogP contribution in [-0.4, -0.2) is 23.5 Å². The van der Waals surface area contributed by atoms with Crippen molar-refractivity contribution in [2.45, 2.75) is 90.5 Å². The molecule has 1 heterocycles. The Balaban J connectivity index is 0.000000282. The molecular weight excluding hydrogens is 396 g/mol. The molecule has 3 rings (SSSR count). The van der Waals surface area contributed by atoms with Gasteiger partial charge in [-0.25, -0.2) is 0 Å². The average molecular weight is 439 g/mol. The summed E-state index contributed by atoms with van der Waals surface area (Å²) in [5.74, 6) is -0.104. The number of unbranched alkanes of at least 4 members (excludes halogenated alkanes) is 7. The summed E-state index contributed by atoms with van der Waals surface area (Å²) >= 11 is 0. The Hall–Kier alpha value is -2.24. The van der Waals surface area contributed by atoms with E-state index in [2.05, 4.69) is 29.4 Å². The molecule has 0 aliphatic heterocycles. The smallest absolute Gasteiger partial charge is 0.255 e. The third kappa shape index (κ3) is 9.49. The first-order valence-corrected chi connectivity index (χ1v) is 12.3. The second kappa shape index (κ2) is 14.8. The summed E-state index contributed by atoms with van der Waals surface area (Å²) in [7, 11) is 0. The molecule has 0 radical (unpaired) electrons. The summed E-state index contributed by atoms with van der Waals surface area (Å²) in [6.07, 6.45) is 15.5. The van der Waals surface area contributed by atoms with Gasteiger partial charge in [0.1, 0.15) is 0 Å².